The number of piperidine rings is 1. The van der Waals surface area contributed by atoms with Gasteiger partial charge in [-0.25, -0.2) is 4.79 Å². The average molecular weight is 284 g/mol. The largest absolute Gasteiger partial charge is 0.481 e. The van der Waals surface area contributed by atoms with Crippen LogP contribution in [-0.4, -0.2) is 64.8 Å². The van der Waals surface area contributed by atoms with E-state index in [-0.39, 0.29) is 18.1 Å². The molecule has 6 nitrogen and oxygen atoms in total. The van der Waals surface area contributed by atoms with Crippen molar-refractivity contribution in [1.82, 2.24) is 9.80 Å². The van der Waals surface area contributed by atoms with Crippen molar-refractivity contribution in [2.75, 3.05) is 26.2 Å². The molecule has 0 radical (unpaired) electrons. The molecule has 0 aromatic carbocycles. The van der Waals surface area contributed by atoms with E-state index in [1.807, 2.05) is 20.8 Å². The van der Waals surface area contributed by atoms with Crippen molar-refractivity contribution < 1.29 is 19.4 Å². The number of hydrogen-bond acceptors (Lipinski definition) is 4. The fourth-order valence-electron chi connectivity index (χ4n) is 2.87. The minimum absolute atomic E-state index is 0.265. The molecule has 2 aliphatic heterocycles. The molecule has 20 heavy (non-hydrogen) atoms. The number of piperazine rings is 1. The van der Waals surface area contributed by atoms with Crippen molar-refractivity contribution in [3.05, 3.63) is 0 Å². The lowest BCUT2D eigenvalue weighted by molar-refractivity contribution is -0.144. The van der Waals surface area contributed by atoms with Gasteiger partial charge in [0.15, 0.2) is 0 Å². The molecule has 6 heteroatoms. The van der Waals surface area contributed by atoms with Crippen molar-refractivity contribution in [3.63, 3.8) is 0 Å². The quantitative estimate of drug-likeness (QED) is 0.788. The summed E-state index contributed by atoms with van der Waals surface area (Å²) >= 11 is 0. The van der Waals surface area contributed by atoms with Crippen LogP contribution < -0.4 is 0 Å². The van der Waals surface area contributed by atoms with Crippen molar-refractivity contribution >= 4 is 12.1 Å². The number of ether oxygens (including phenoxy) is 1. The van der Waals surface area contributed by atoms with Crippen molar-refractivity contribution in [1.29, 1.82) is 0 Å². The van der Waals surface area contributed by atoms with Crippen LogP contribution in [0.15, 0.2) is 0 Å². The Bertz CT molecular complexity index is 391. The van der Waals surface area contributed by atoms with Gasteiger partial charge in [0.05, 0.1) is 5.92 Å². The normalized spacial score (nSPS) is 27.9. The summed E-state index contributed by atoms with van der Waals surface area (Å²) in [5, 5.41) is 9.09. The maximum Gasteiger partial charge on any atom is 0.410 e. The van der Waals surface area contributed by atoms with Gasteiger partial charge in [0.1, 0.15) is 5.60 Å². The van der Waals surface area contributed by atoms with E-state index in [9.17, 15) is 9.59 Å². The van der Waals surface area contributed by atoms with E-state index in [0.717, 1.165) is 13.0 Å². The van der Waals surface area contributed by atoms with E-state index in [1.165, 1.54) is 0 Å². The Morgan fingerprint density at radius 2 is 1.85 bits per heavy atom. The Hall–Kier alpha value is -1.30. The van der Waals surface area contributed by atoms with Gasteiger partial charge in [-0.2, -0.15) is 0 Å². The number of carboxylic acid groups (broad SMARTS) is 1. The summed E-state index contributed by atoms with van der Waals surface area (Å²) in [5.41, 5.74) is -0.477. The van der Waals surface area contributed by atoms with Crippen molar-refractivity contribution in [2.45, 2.75) is 45.3 Å². The molecule has 1 N–H and O–H groups in total. The Morgan fingerprint density at radius 3 is 2.45 bits per heavy atom. The third-order valence-corrected chi connectivity index (χ3v) is 3.91. The van der Waals surface area contributed by atoms with Gasteiger partial charge in [-0.3, -0.25) is 9.69 Å². The smallest absolute Gasteiger partial charge is 0.410 e. The van der Waals surface area contributed by atoms with Gasteiger partial charge >= 0.3 is 12.1 Å². The van der Waals surface area contributed by atoms with Crippen molar-refractivity contribution in [3.8, 4) is 0 Å². The number of rotatable bonds is 1. The van der Waals surface area contributed by atoms with Gasteiger partial charge in [-0.1, -0.05) is 0 Å². The highest BCUT2D eigenvalue weighted by molar-refractivity contribution is 5.70. The van der Waals surface area contributed by atoms with Crippen LogP contribution in [0.1, 0.15) is 33.6 Å². The van der Waals surface area contributed by atoms with Gasteiger partial charge in [0, 0.05) is 32.2 Å². The van der Waals surface area contributed by atoms with Crippen LogP contribution in [0.3, 0.4) is 0 Å². The summed E-state index contributed by atoms with van der Waals surface area (Å²) in [7, 11) is 0. The maximum atomic E-state index is 12.1. The number of amides is 1. The number of aliphatic carboxylic acids is 1. The highest BCUT2D eigenvalue weighted by Crippen LogP contribution is 2.26. The van der Waals surface area contributed by atoms with Crippen LogP contribution in [0.5, 0.6) is 0 Å². The number of carbonyl (C=O) groups excluding carboxylic acids is 1. The molecule has 0 aromatic rings. The van der Waals surface area contributed by atoms with E-state index in [1.54, 1.807) is 4.90 Å². The lowest BCUT2D eigenvalue weighted by atomic mass is 9.91. The van der Waals surface area contributed by atoms with Crippen LogP contribution in [0.4, 0.5) is 4.79 Å². The molecule has 2 heterocycles. The van der Waals surface area contributed by atoms with Gasteiger partial charge in [0.2, 0.25) is 0 Å². The Balaban J connectivity index is 1.90. The number of hydrogen-bond donors (Lipinski definition) is 1. The molecule has 2 saturated heterocycles. The number of fused-ring (bicyclic) bond motifs is 1. The topological polar surface area (TPSA) is 70.1 Å². The summed E-state index contributed by atoms with van der Waals surface area (Å²) < 4.78 is 5.39. The Labute approximate surface area is 119 Å². The summed E-state index contributed by atoms with van der Waals surface area (Å²) in [6.45, 7) is 8.16. The summed E-state index contributed by atoms with van der Waals surface area (Å²) in [6, 6.07) is 0.270. The Kier molecular flexibility index (Phi) is 4.22. The van der Waals surface area contributed by atoms with Gasteiger partial charge in [-0.05, 0) is 33.6 Å². The molecule has 2 aliphatic rings. The second-order valence-corrected chi connectivity index (χ2v) is 6.69. The van der Waals surface area contributed by atoms with Gasteiger partial charge < -0.3 is 14.7 Å². The molecule has 0 bridgehead atoms. The van der Waals surface area contributed by atoms with Crippen LogP contribution in [-0.2, 0) is 9.53 Å². The Morgan fingerprint density at radius 1 is 1.15 bits per heavy atom. The molecule has 0 aromatic heterocycles. The van der Waals surface area contributed by atoms with E-state index in [0.29, 0.717) is 26.1 Å². The first-order valence-corrected chi connectivity index (χ1v) is 7.21. The molecule has 2 rings (SSSR count). The van der Waals surface area contributed by atoms with Gasteiger partial charge in [-0.15, -0.1) is 0 Å². The number of nitrogens with zero attached hydrogens (tertiary/aromatic N) is 2. The fraction of sp³-hybridized carbons (Fsp3) is 0.857. The van der Waals surface area contributed by atoms with E-state index in [2.05, 4.69) is 4.90 Å². The van der Waals surface area contributed by atoms with Crippen LogP contribution in [0.2, 0.25) is 0 Å². The molecule has 0 saturated carbocycles. The monoisotopic (exact) mass is 284 g/mol. The molecule has 2 fully saturated rings. The third kappa shape index (κ3) is 3.62. The lowest BCUT2D eigenvalue weighted by Gasteiger charge is -2.45. The molecular weight excluding hydrogens is 260 g/mol. The van der Waals surface area contributed by atoms with Crippen LogP contribution in [0.25, 0.3) is 0 Å². The average Bonchev–Trinajstić information content (AvgIpc) is 2.35. The lowest BCUT2D eigenvalue weighted by Crippen LogP contribution is -2.58. The zero-order valence-electron chi connectivity index (χ0n) is 12.5. The molecule has 2 atom stereocenters. The fourth-order valence-corrected chi connectivity index (χ4v) is 2.87. The molecule has 114 valence electrons. The number of carboxylic acids is 1. The van der Waals surface area contributed by atoms with Crippen molar-refractivity contribution in [2.24, 2.45) is 5.92 Å². The minimum Gasteiger partial charge on any atom is -0.481 e. The third-order valence-electron chi connectivity index (χ3n) is 3.91. The zero-order valence-corrected chi connectivity index (χ0v) is 12.5. The molecule has 0 unspecified atom stereocenters. The SMILES string of the molecule is CC(C)(C)OC(=O)N1CCN2C[C@H](C(=O)O)CC[C@@H]2C1. The highest BCUT2D eigenvalue weighted by atomic mass is 16.6. The first-order valence-electron chi connectivity index (χ1n) is 7.21. The van der Waals surface area contributed by atoms with E-state index < -0.39 is 11.6 Å². The molecular formula is C14H24N2O4. The summed E-state index contributed by atoms with van der Waals surface area (Å²) in [6.07, 6.45) is 1.26. The van der Waals surface area contributed by atoms with Crippen LogP contribution in [0, 0.1) is 5.92 Å². The first-order chi connectivity index (χ1) is 9.26. The predicted molar refractivity (Wildman–Crippen MR) is 73.5 cm³/mol. The predicted octanol–water partition coefficient (Wildman–Crippen LogP) is 1.40. The summed E-state index contributed by atoms with van der Waals surface area (Å²) in [5.74, 6) is -0.975. The second kappa shape index (κ2) is 5.60. The summed E-state index contributed by atoms with van der Waals surface area (Å²) in [4.78, 5) is 27.0. The first kappa shape index (κ1) is 15.1. The van der Waals surface area contributed by atoms with Crippen LogP contribution >= 0.6 is 0 Å². The standard InChI is InChI=1S/C14H24N2O4/c1-14(2,3)20-13(19)16-7-6-15-8-10(12(17)18)4-5-11(15)9-16/h10-11H,4-9H2,1-3H3,(H,17,18)/t10-,11-/m1/s1. The molecule has 0 spiro atoms. The van der Waals surface area contributed by atoms with Gasteiger partial charge in [0.25, 0.3) is 0 Å². The molecule has 0 aliphatic carbocycles. The molecule has 1 amide bonds. The van der Waals surface area contributed by atoms with E-state index in [4.69, 9.17) is 9.84 Å². The zero-order chi connectivity index (χ0) is 14.9. The minimum atomic E-state index is -0.710. The second-order valence-electron chi connectivity index (χ2n) is 6.69. The van der Waals surface area contributed by atoms with E-state index >= 15 is 0 Å². The maximum absolute atomic E-state index is 12.1. The number of carbonyl (C=O) groups is 2. The highest BCUT2D eigenvalue weighted by Gasteiger charge is 2.37.